The molecule has 0 aliphatic carbocycles. The lowest BCUT2D eigenvalue weighted by atomic mass is 9.95. The first-order chi connectivity index (χ1) is 15.9. The maximum Gasteiger partial charge on any atom is 0.243 e. The topological polar surface area (TPSA) is 69.7 Å². The number of hydrogen-bond acceptors (Lipinski definition) is 4. The molecule has 8 heteroatoms. The van der Waals surface area contributed by atoms with Crippen LogP contribution in [0.25, 0.3) is 0 Å². The van der Waals surface area contributed by atoms with Gasteiger partial charge in [-0.05, 0) is 80.7 Å². The van der Waals surface area contributed by atoms with Crippen LogP contribution in [-0.2, 0) is 21.4 Å². The average molecular weight is 490 g/mol. The molecule has 0 atom stereocenters. The molecule has 2 aliphatic heterocycles. The molecular formula is C25H32ClN3O3S. The van der Waals surface area contributed by atoms with Crippen molar-refractivity contribution in [3.05, 3.63) is 59.1 Å². The first kappa shape index (κ1) is 24.2. The Labute approximate surface area is 202 Å². The van der Waals surface area contributed by atoms with E-state index in [0.29, 0.717) is 18.8 Å². The van der Waals surface area contributed by atoms with Crippen LogP contribution in [-0.4, -0.2) is 49.7 Å². The normalized spacial score (nSPS) is 19.2. The number of anilines is 1. The van der Waals surface area contributed by atoms with Gasteiger partial charge in [0.05, 0.1) is 4.90 Å². The predicted molar refractivity (Wildman–Crippen MR) is 132 cm³/mol. The number of nitrogens with zero attached hydrogens (tertiary/aromatic N) is 2. The van der Waals surface area contributed by atoms with Crippen molar-refractivity contribution in [2.24, 2.45) is 5.92 Å². The third kappa shape index (κ3) is 6.35. The fraction of sp³-hybridized carbons (Fsp3) is 0.480. The molecule has 0 bridgehead atoms. The third-order valence-electron chi connectivity index (χ3n) is 6.58. The molecule has 2 heterocycles. The summed E-state index contributed by atoms with van der Waals surface area (Å²) in [4.78, 5) is 15.4. The van der Waals surface area contributed by atoms with Crippen molar-refractivity contribution in [3.63, 3.8) is 0 Å². The van der Waals surface area contributed by atoms with Crippen molar-refractivity contribution in [1.82, 2.24) is 9.21 Å². The zero-order valence-electron chi connectivity index (χ0n) is 18.9. The van der Waals surface area contributed by atoms with Crippen LogP contribution in [0.5, 0.6) is 0 Å². The van der Waals surface area contributed by atoms with Crippen LogP contribution in [0, 0.1) is 5.92 Å². The summed E-state index contributed by atoms with van der Waals surface area (Å²) < 4.78 is 27.4. The fourth-order valence-corrected chi connectivity index (χ4v) is 6.36. The Bertz CT molecular complexity index is 1040. The number of halogens is 1. The van der Waals surface area contributed by atoms with E-state index < -0.39 is 10.0 Å². The number of sulfonamides is 1. The van der Waals surface area contributed by atoms with Crippen molar-refractivity contribution in [2.45, 2.75) is 50.0 Å². The summed E-state index contributed by atoms with van der Waals surface area (Å²) >= 11 is 6.08. The zero-order chi connectivity index (χ0) is 23.3. The van der Waals surface area contributed by atoms with E-state index in [1.807, 2.05) is 18.2 Å². The lowest BCUT2D eigenvalue weighted by Gasteiger charge is -2.31. The van der Waals surface area contributed by atoms with Crippen LogP contribution in [0.3, 0.4) is 0 Å². The second-order valence-corrected chi connectivity index (χ2v) is 11.4. The molecule has 33 heavy (non-hydrogen) atoms. The Morgan fingerprint density at radius 3 is 2.24 bits per heavy atom. The molecule has 0 unspecified atom stereocenters. The number of carbonyl (C=O) groups is 1. The Kier molecular flexibility index (Phi) is 8.07. The van der Waals surface area contributed by atoms with E-state index >= 15 is 0 Å². The number of benzene rings is 2. The summed E-state index contributed by atoms with van der Waals surface area (Å²) in [5.41, 5.74) is 1.82. The van der Waals surface area contributed by atoms with Crippen LogP contribution < -0.4 is 5.32 Å². The molecular weight excluding hydrogens is 458 g/mol. The smallest absolute Gasteiger partial charge is 0.243 e. The number of nitrogens with one attached hydrogen (secondary N) is 1. The molecule has 2 aromatic rings. The molecule has 2 fully saturated rings. The van der Waals surface area contributed by atoms with Gasteiger partial charge in [0.2, 0.25) is 15.9 Å². The van der Waals surface area contributed by atoms with Gasteiger partial charge in [0, 0.05) is 36.3 Å². The van der Waals surface area contributed by atoms with Gasteiger partial charge in [0.1, 0.15) is 0 Å². The number of rotatable bonds is 6. The highest BCUT2D eigenvalue weighted by atomic mass is 35.5. The van der Waals surface area contributed by atoms with Gasteiger partial charge in [-0.1, -0.05) is 36.6 Å². The first-order valence-electron chi connectivity index (χ1n) is 11.8. The summed E-state index contributed by atoms with van der Waals surface area (Å²) in [7, 11) is -3.48. The van der Waals surface area contributed by atoms with Crippen LogP contribution in [0.15, 0.2) is 53.4 Å². The van der Waals surface area contributed by atoms with Gasteiger partial charge in [-0.2, -0.15) is 4.31 Å². The quantitative estimate of drug-likeness (QED) is 0.635. The van der Waals surface area contributed by atoms with Gasteiger partial charge in [-0.25, -0.2) is 8.42 Å². The minimum Gasteiger partial charge on any atom is -0.326 e. The Balaban J connectivity index is 1.29. The highest BCUT2D eigenvalue weighted by Crippen LogP contribution is 2.24. The van der Waals surface area contributed by atoms with Crippen LogP contribution in [0.4, 0.5) is 5.69 Å². The molecule has 0 aromatic heterocycles. The van der Waals surface area contributed by atoms with Crippen LogP contribution in [0.1, 0.15) is 44.1 Å². The predicted octanol–water partition coefficient (Wildman–Crippen LogP) is 4.76. The van der Waals surface area contributed by atoms with Gasteiger partial charge in [0.25, 0.3) is 0 Å². The Morgan fingerprint density at radius 2 is 1.61 bits per heavy atom. The van der Waals surface area contributed by atoms with E-state index in [2.05, 4.69) is 16.3 Å². The van der Waals surface area contributed by atoms with Gasteiger partial charge in [0.15, 0.2) is 0 Å². The second kappa shape index (κ2) is 11.0. The monoisotopic (exact) mass is 489 g/mol. The van der Waals surface area contributed by atoms with Crippen molar-refractivity contribution in [3.8, 4) is 0 Å². The van der Waals surface area contributed by atoms with Gasteiger partial charge >= 0.3 is 0 Å². The molecule has 2 aromatic carbocycles. The largest absolute Gasteiger partial charge is 0.326 e. The van der Waals surface area contributed by atoms with Gasteiger partial charge in [-0.3, -0.25) is 9.69 Å². The molecule has 4 rings (SSSR count). The molecule has 1 N–H and O–H groups in total. The maximum absolute atomic E-state index is 12.9. The van der Waals surface area contributed by atoms with Crippen LogP contribution >= 0.6 is 11.6 Å². The number of amides is 1. The Hall–Kier alpha value is -1.93. The molecule has 0 saturated carbocycles. The number of carbonyl (C=O) groups excluding carboxylic acids is 1. The second-order valence-electron chi connectivity index (χ2n) is 9.01. The van der Waals surface area contributed by atoms with Crippen molar-refractivity contribution >= 4 is 33.2 Å². The van der Waals surface area contributed by atoms with E-state index in [0.717, 1.165) is 63.2 Å². The molecule has 0 radical (unpaired) electrons. The lowest BCUT2D eigenvalue weighted by Crippen LogP contribution is -2.37. The van der Waals surface area contributed by atoms with Crippen molar-refractivity contribution < 1.29 is 13.2 Å². The highest BCUT2D eigenvalue weighted by molar-refractivity contribution is 7.89. The molecule has 2 saturated heterocycles. The summed E-state index contributed by atoms with van der Waals surface area (Å²) in [5.74, 6) is -0.0401. The van der Waals surface area contributed by atoms with Crippen molar-refractivity contribution in [2.75, 3.05) is 31.5 Å². The standard InChI is InChI=1S/C25H32ClN3O3S/c26-22-7-5-6-20(18-22)19-28-16-12-21(13-17-28)25(30)27-23-8-10-24(11-9-23)33(31,32)29-14-3-1-2-4-15-29/h5-11,18,21H,1-4,12-17,19H2,(H,27,30). The lowest BCUT2D eigenvalue weighted by molar-refractivity contribution is -0.121. The summed E-state index contributed by atoms with van der Waals surface area (Å²) in [6.07, 6.45) is 5.57. The number of piperidine rings is 1. The van der Waals surface area contributed by atoms with E-state index in [1.54, 1.807) is 28.6 Å². The number of hydrogen-bond donors (Lipinski definition) is 1. The maximum atomic E-state index is 12.9. The van der Waals surface area contributed by atoms with Gasteiger partial charge < -0.3 is 5.32 Å². The Morgan fingerprint density at radius 1 is 0.939 bits per heavy atom. The SMILES string of the molecule is O=C(Nc1ccc(S(=O)(=O)N2CCCCCC2)cc1)C1CCN(Cc2cccc(Cl)c2)CC1. The fourth-order valence-electron chi connectivity index (χ4n) is 4.63. The third-order valence-corrected chi connectivity index (χ3v) is 8.73. The molecule has 6 nitrogen and oxygen atoms in total. The highest BCUT2D eigenvalue weighted by Gasteiger charge is 2.27. The first-order valence-corrected chi connectivity index (χ1v) is 13.6. The number of likely N-dealkylation sites (tertiary alicyclic amines) is 1. The summed E-state index contributed by atoms with van der Waals surface area (Å²) in [6.45, 7) is 3.71. The van der Waals surface area contributed by atoms with E-state index in [1.165, 1.54) is 5.56 Å². The minimum atomic E-state index is -3.48. The molecule has 0 spiro atoms. The minimum absolute atomic E-state index is 0.000491. The van der Waals surface area contributed by atoms with E-state index in [9.17, 15) is 13.2 Å². The molecule has 1 amide bonds. The van der Waals surface area contributed by atoms with E-state index in [-0.39, 0.29) is 16.7 Å². The van der Waals surface area contributed by atoms with Crippen LogP contribution in [0.2, 0.25) is 5.02 Å². The van der Waals surface area contributed by atoms with Crippen molar-refractivity contribution in [1.29, 1.82) is 0 Å². The zero-order valence-corrected chi connectivity index (χ0v) is 20.5. The van der Waals surface area contributed by atoms with Gasteiger partial charge in [-0.15, -0.1) is 0 Å². The molecule has 178 valence electrons. The summed E-state index contributed by atoms with van der Waals surface area (Å²) in [6, 6.07) is 14.5. The molecule has 2 aliphatic rings. The average Bonchev–Trinajstić information content (AvgIpc) is 3.10. The summed E-state index contributed by atoms with van der Waals surface area (Å²) in [5, 5.41) is 3.71. The van der Waals surface area contributed by atoms with E-state index in [4.69, 9.17) is 11.6 Å².